The molecule has 0 radical (unpaired) electrons. The summed E-state index contributed by atoms with van der Waals surface area (Å²) in [6.07, 6.45) is 3.21. The number of benzene rings is 1. The summed E-state index contributed by atoms with van der Waals surface area (Å²) in [6.45, 7) is 4.62. The molecule has 0 saturated heterocycles. The van der Waals surface area contributed by atoms with Crippen LogP contribution in [0, 0.1) is 5.92 Å². The topological polar surface area (TPSA) is 55.1 Å². The number of rotatable bonds is 5. The van der Waals surface area contributed by atoms with E-state index >= 15 is 0 Å². The van der Waals surface area contributed by atoms with Gasteiger partial charge in [0.05, 0.1) is 5.54 Å². The van der Waals surface area contributed by atoms with Crippen LogP contribution in [0.5, 0.6) is 0 Å². The summed E-state index contributed by atoms with van der Waals surface area (Å²) in [4.78, 5) is 12.4. The van der Waals surface area contributed by atoms with Crippen molar-refractivity contribution in [2.75, 3.05) is 6.54 Å². The molecule has 1 atom stereocenters. The van der Waals surface area contributed by atoms with Crippen molar-refractivity contribution in [3.63, 3.8) is 0 Å². The van der Waals surface area contributed by atoms with Gasteiger partial charge in [-0.05, 0) is 43.7 Å². The Balaban J connectivity index is 2.16. The highest BCUT2D eigenvalue weighted by molar-refractivity contribution is 5.96. The van der Waals surface area contributed by atoms with E-state index in [-0.39, 0.29) is 11.4 Å². The fourth-order valence-corrected chi connectivity index (χ4v) is 2.42. The summed E-state index contributed by atoms with van der Waals surface area (Å²) >= 11 is 0. The molecule has 2 rings (SSSR count). The molecule has 3 nitrogen and oxygen atoms in total. The van der Waals surface area contributed by atoms with E-state index in [2.05, 4.69) is 19.2 Å². The van der Waals surface area contributed by atoms with Crippen molar-refractivity contribution in [1.29, 1.82) is 0 Å². The molecule has 0 heterocycles. The number of carbonyl (C=O) groups excluding carboxylic acids is 1. The number of hydrogen-bond acceptors (Lipinski definition) is 2. The summed E-state index contributed by atoms with van der Waals surface area (Å²) in [6, 6.07) is 7.77. The zero-order valence-electron chi connectivity index (χ0n) is 11.2. The third kappa shape index (κ3) is 2.56. The van der Waals surface area contributed by atoms with Gasteiger partial charge in [0.2, 0.25) is 0 Å². The minimum atomic E-state index is -0.252. The Hall–Kier alpha value is -1.35. The van der Waals surface area contributed by atoms with Gasteiger partial charge in [-0.3, -0.25) is 4.79 Å². The second-order valence-electron chi connectivity index (χ2n) is 5.36. The highest BCUT2D eigenvalue weighted by atomic mass is 16.1. The average molecular weight is 246 g/mol. The molecule has 18 heavy (non-hydrogen) atoms. The lowest BCUT2D eigenvalue weighted by atomic mass is 9.94. The largest absolute Gasteiger partial charge is 0.345 e. The summed E-state index contributed by atoms with van der Waals surface area (Å²) in [5.41, 5.74) is 7.44. The summed E-state index contributed by atoms with van der Waals surface area (Å²) in [7, 11) is 0. The van der Waals surface area contributed by atoms with Crippen molar-refractivity contribution >= 4 is 5.91 Å². The van der Waals surface area contributed by atoms with Crippen LogP contribution in [0.15, 0.2) is 24.3 Å². The molecule has 1 aliphatic carbocycles. The standard InChI is InChI=1S/C15H22N2O/c1-3-11-6-4-5-7-13(11)14(18)17-15(2,10-16)12-8-9-12/h4-7,12H,3,8-10,16H2,1-2H3,(H,17,18). The van der Waals surface area contributed by atoms with Crippen molar-refractivity contribution in [2.24, 2.45) is 11.7 Å². The van der Waals surface area contributed by atoms with E-state index in [1.165, 1.54) is 12.8 Å². The minimum absolute atomic E-state index is 0.00676. The first-order valence-electron chi connectivity index (χ1n) is 6.71. The van der Waals surface area contributed by atoms with Gasteiger partial charge in [-0.15, -0.1) is 0 Å². The molecule has 1 amide bonds. The van der Waals surface area contributed by atoms with Gasteiger partial charge < -0.3 is 11.1 Å². The third-order valence-corrected chi connectivity index (χ3v) is 3.94. The van der Waals surface area contributed by atoms with E-state index < -0.39 is 0 Å². The summed E-state index contributed by atoms with van der Waals surface area (Å²) < 4.78 is 0. The van der Waals surface area contributed by atoms with Gasteiger partial charge >= 0.3 is 0 Å². The Morgan fingerprint density at radius 3 is 2.67 bits per heavy atom. The van der Waals surface area contributed by atoms with Crippen LogP contribution in [0.25, 0.3) is 0 Å². The van der Waals surface area contributed by atoms with Gasteiger partial charge in [-0.25, -0.2) is 0 Å². The monoisotopic (exact) mass is 246 g/mol. The van der Waals surface area contributed by atoms with Crippen LogP contribution in [-0.4, -0.2) is 18.0 Å². The molecule has 1 unspecified atom stereocenters. The molecular formula is C15H22N2O. The normalized spacial score (nSPS) is 18.2. The molecule has 1 aliphatic rings. The van der Waals surface area contributed by atoms with Crippen molar-refractivity contribution in [3.05, 3.63) is 35.4 Å². The average Bonchev–Trinajstić information content (AvgIpc) is 3.23. The fraction of sp³-hybridized carbons (Fsp3) is 0.533. The Bertz CT molecular complexity index is 440. The Kier molecular flexibility index (Phi) is 3.71. The van der Waals surface area contributed by atoms with Crippen molar-refractivity contribution in [2.45, 2.75) is 38.6 Å². The molecular weight excluding hydrogens is 224 g/mol. The first kappa shape index (κ1) is 13.1. The van der Waals surface area contributed by atoms with Gasteiger partial charge in [-0.2, -0.15) is 0 Å². The van der Waals surface area contributed by atoms with E-state index in [1.807, 2.05) is 24.3 Å². The maximum atomic E-state index is 12.4. The second kappa shape index (κ2) is 5.11. The molecule has 0 aliphatic heterocycles. The first-order chi connectivity index (χ1) is 8.60. The quantitative estimate of drug-likeness (QED) is 0.836. The zero-order chi connectivity index (χ0) is 13.2. The van der Waals surface area contributed by atoms with Crippen LogP contribution in [-0.2, 0) is 6.42 Å². The third-order valence-electron chi connectivity index (χ3n) is 3.94. The van der Waals surface area contributed by atoms with Crippen LogP contribution < -0.4 is 11.1 Å². The number of aryl methyl sites for hydroxylation is 1. The van der Waals surface area contributed by atoms with Gasteiger partial charge in [0.1, 0.15) is 0 Å². The summed E-state index contributed by atoms with van der Waals surface area (Å²) in [5, 5.41) is 3.13. The summed E-state index contributed by atoms with van der Waals surface area (Å²) in [5.74, 6) is 0.549. The van der Waals surface area contributed by atoms with Crippen LogP contribution in [0.2, 0.25) is 0 Å². The SMILES string of the molecule is CCc1ccccc1C(=O)NC(C)(CN)C1CC1. The van der Waals surface area contributed by atoms with Crippen LogP contribution in [0.3, 0.4) is 0 Å². The Labute approximate surface area is 109 Å². The highest BCUT2D eigenvalue weighted by Crippen LogP contribution is 2.39. The number of hydrogen-bond donors (Lipinski definition) is 2. The Morgan fingerprint density at radius 2 is 2.11 bits per heavy atom. The van der Waals surface area contributed by atoms with Gasteiger partial charge in [0.25, 0.3) is 5.91 Å². The van der Waals surface area contributed by atoms with E-state index in [0.717, 1.165) is 17.5 Å². The van der Waals surface area contributed by atoms with Crippen molar-refractivity contribution < 1.29 is 4.79 Å². The van der Waals surface area contributed by atoms with Crippen LogP contribution in [0.4, 0.5) is 0 Å². The van der Waals surface area contributed by atoms with E-state index in [4.69, 9.17) is 5.73 Å². The van der Waals surface area contributed by atoms with Crippen molar-refractivity contribution in [1.82, 2.24) is 5.32 Å². The first-order valence-corrected chi connectivity index (χ1v) is 6.71. The zero-order valence-corrected chi connectivity index (χ0v) is 11.2. The molecule has 3 N–H and O–H groups in total. The van der Waals surface area contributed by atoms with Crippen molar-refractivity contribution in [3.8, 4) is 0 Å². The maximum absolute atomic E-state index is 12.4. The Morgan fingerprint density at radius 1 is 1.44 bits per heavy atom. The number of nitrogens with two attached hydrogens (primary N) is 1. The lowest BCUT2D eigenvalue weighted by molar-refractivity contribution is 0.0897. The van der Waals surface area contributed by atoms with E-state index in [0.29, 0.717) is 12.5 Å². The molecule has 0 aromatic heterocycles. The van der Waals surface area contributed by atoms with Crippen LogP contribution in [0.1, 0.15) is 42.6 Å². The molecule has 0 spiro atoms. The smallest absolute Gasteiger partial charge is 0.252 e. The fourth-order valence-electron chi connectivity index (χ4n) is 2.42. The number of nitrogens with one attached hydrogen (secondary N) is 1. The molecule has 1 aromatic carbocycles. The number of carbonyl (C=O) groups is 1. The molecule has 1 saturated carbocycles. The molecule has 1 fully saturated rings. The second-order valence-corrected chi connectivity index (χ2v) is 5.36. The van der Waals surface area contributed by atoms with Gasteiger partial charge in [0.15, 0.2) is 0 Å². The molecule has 98 valence electrons. The molecule has 3 heteroatoms. The predicted octanol–water partition coefficient (Wildman–Crippen LogP) is 2.11. The lowest BCUT2D eigenvalue weighted by Gasteiger charge is -2.29. The van der Waals surface area contributed by atoms with Gasteiger partial charge in [-0.1, -0.05) is 25.1 Å². The lowest BCUT2D eigenvalue weighted by Crippen LogP contribution is -2.53. The van der Waals surface area contributed by atoms with E-state index in [9.17, 15) is 4.79 Å². The maximum Gasteiger partial charge on any atom is 0.252 e. The van der Waals surface area contributed by atoms with Crippen LogP contribution >= 0.6 is 0 Å². The minimum Gasteiger partial charge on any atom is -0.345 e. The molecule has 1 aromatic rings. The van der Waals surface area contributed by atoms with E-state index in [1.54, 1.807) is 0 Å². The predicted molar refractivity (Wildman–Crippen MR) is 73.5 cm³/mol. The molecule has 0 bridgehead atoms. The number of amides is 1. The van der Waals surface area contributed by atoms with Gasteiger partial charge in [0, 0.05) is 12.1 Å². The highest BCUT2D eigenvalue weighted by Gasteiger charge is 2.41.